The van der Waals surface area contributed by atoms with Gasteiger partial charge in [0.25, 0.3) is 0 Å². The molecule has 4 nitrogen and oxygen atoms in total. The molecular formula is C17H23N3O. The monoisotopic (exact) mass is 285 g/mol. The van der Waals surface area contributed by atoms with Crippen molar-refractivity contribution < 1.29 is 4.74 Å². The van der Waals surface area contributed by atoms with E-state index < -0.39 is 0 Å². The molecule has 21 heavy (non-hydrogen) atoms. The van der Waals surface area contributed by atoms with E-state index in [1.54, 1.807) is 7.11 Å². The lowest BCUT2D eigenvalue weighted by atomic mass is 10.1. The Hall–Kier alpha value is -2.07. The van der Waals surface area contributed by atoms with Gasteiger partial charge in [-0.05, 0) is 37.1 Å². The summed E-state index contributed by atoms with van der Waals surface area (Å²) in [5.74, 6) is 0.619. The maximum atomic E-state index is 6.03. The van der Waals surface area contributed by atoms with Gasteiger partial charge < -0.3 is 15.4 Å². The first-order valence-corrected chi connectivity index (χ1v) is 7.23. The van der Waals surface area contributed by atoms with Crippen molar-refractivity contribution in [1.82, 2.24) is 4.98 Å². The Kier molecular flexibility index (Phi) is 5.17. The van der Waals surface area contributed by atoms with Crippen molar-refractivity contribution in [3.63, 3.8) is 0 Å². The van der Waals surface area contributed by atoms with Gasteiger partial charge in [-0.1, -0.05) is 18.2 Å². The molecule has 0 aliphatic rings. The van der Waals surface area contributed by atoms with Crippen LogP contribution in [0, 0.1) is 6.92 Å². The van der Waals surface area contributed by atoms with E-state index in [0.717, 1.165) is 12.1 Å². The second kappa shape index (κ2) is 7.09. The molecule has 0 saturated carbocycles. The topological polar surface area (TPSA) is 51.4 Å². The summed E-state index contributed by atoms with van der Waals surface area (Å²) in [5, 5.41) is 0. The van der Waals surface area contributed by atoms with Crippen LogP contribution in [0.4, 0.5) is 5.69 Å². The lowest BCUT2D eigenvalue weighted by Gasteiger charge is -2.32. The number of hydrogen-bond donors (Lipinski definition) is 1. The molecule has 0 amide bonds. The summed E-state index contributed by atoms with van der Waals surface area (Å²) in [6, 6.07) is 12.5. The molecule has 0 aliphatic carbocycles. The average Bonchev–Trinajstić information content (AvgIpc) is 2.52. The minimum Gasteiger partial charge on any atom is -0.481 e. The zero-order chi connectivity index (χ0) is 15.2. The minimum absolute atomic E-state index is 0.107. The fourth-order valence-corrected chi connectivity index (χ4v) is 2.54. The molecule has 0 fully saturated rings. The molecule has 4 heteroatoms. The Morgan fingerprint density at radius 1 is 1.29 bits per heavy atom. The molecule has 0 spiro atoms. The molecule has 0 aliphatic heterocycles. The van der Waals surface area contributed by atoms with Gasteiger partial charge in [-0.25, -0.2) is 4.98 Å². The number of rotatable bonds is 6. The molecule has 1 aromatic carbocycles. The van der Waals surface area contributed by atoms with E-state index in [-0.39, 0.29) is 6.04 Å². The molecule has 1 heterocycles. The molecule has 0 radical (unpaired) electrons. The Bertz CT molecular complexity index is 569. The highest BCUT2D eigenvalue weighted by Crippen LogP contribution is 2.27. The number of aryl methyl sites for hydroxylation is 1. The van der Waals surface area contributed by atoms with Crippen molar-refractivity contribution >= 4 is 5.69 Å². The van der Waals surface area contributed by atoms with Crippen LogP contribution in [0.5, 0.6) is 5.88 Å². The first kappa shape index (κ1) is 15.3. The summed E-state index contributed by atoms with van der Waals surface area (Å²) in [6.07, 6.45) is 1.84. The smallest absolute Gasteiger partial charge is 0.212 e. The van der Waals surface area contributed by atoms with Crippen molar-refractivity contribution in [3.05, 3.63) is 53.7 Å². The highest BCUT2D eigenvalue weighted by molar-refractivity contribution is 5.50. The van der Waals surface area contributed by atoms with Crippen molar-refractivity contribution in [2.75, 3.05) is 25.1 Å². The van der Waals surface area contributed by atoms with E-state index in [4.69, 9.17) is 10.5 Å². The minimum atomic E-state index is 0.107. The van der Waals surface area contributed by atoms with Crippen LogP contribution in [0.2, 0.25) is 0 Å². The van der Waals surface area contributed by atoms with Crippen molar-refractivity contribution in [2.24, 2.45) is 5.73 Å². The average molecular weight is 285 g/mol. The van der Waals surface area contributed by atoms with Crippen LogP contribution in [-0.2, 0) is 0 Å². The first-order valence-electron chi connectivity index (χ1n) is 7.23. The predicted molar refractivity (Wildman–Crippen MR) is 86.8 cm³/mol. The number of pyridine rings is 1. The summed E-state index contributed by atoms with van der Waals surface area (Å²) in [4.78, 5) is 6.59. The number of likely N-dealkylation sites (N-methyl/N-ethyl adjacent to an activating group) is 1. The van der Waals surface area contributed by atoms with Gasteiger partial charge in [-0.3, -0.25) is 0 Å². The van der Waals surface area contributed by atoms with E-state index in [1.165, 1.54) is 11.3 Å². The number of nitrogens with two attached hydrogens (primary N) is 1. The third-order valence-corrected chi connectivity index (χ3v) is 3.63. The number of ether oxygens (including phenoxy) is 1. The first-order chi connectivity index (χ1) is 10.2. The second-order valence-corrected chi connectivity index (χ2v) is 5.01. The highest BCUT2D eigenvalue weighted by atomic mass is 16.5. The third-order valence-electron chi connectivity index (χ3n) is 3.63. The van der Waals surface area contributed by atoms with E-state index in [0.29, 0.717) is 12.4 Å². The summed E-state index contributed by atoms with van der Waals surface area (Å²) in [6.45, 7) is 5.67. The largest absolute Gasteiger partial charge is 0.481 e. The van der Waals surface area contributed by atoms with E-state index >= 15 is 0 Å². The number of aromatic nitrogens is 1. The lowest BCUT2D eigenvalue weighted by Crippen LogP contribution is -2.33. The fourth-order valence-electron chi connectivity index (χ4n) is 2.54. The van der Waals surface area contributed by atoms with Crippen LogP contribution in [0.3, 0.4) is 0 Å². The zero-order valence-electron chi connectivity index (χ0n) is 12.9. The SMILES string of the molecule is CCN(c1cccc(C)c1)C(CN)c1ccc(OC)nc1. The van der Waals surface area contributed by atoms with Crippen molar-refractivity contribution in [3.8, 4) is 5.88 Å². The van der Waals surface area contributed by atoms with Crippen LogP contribution in [0.15, 0.2) is 42.6 Å². The Balaban J connectivity index is 2.32. The quantitative estimate of drug-likeness (QED) is 0.886. The molecule has 2 aromatic rings. The maximum absolute atomic E-state index is 6.03. The number of methoxy groups -OCH3 is 1. The standard InChI is InChI=1S/C17H23N3O/c1-4-20(15-7-5-6-13(2)10-15)16(11-18)14-8-9-17(21-3)19-12-14/h5-10,12,16H,4,11,18H2,1-3H3. The zero-order valence-corrected chi connectivity index (χ0v) is 12.9. The van der Waals surface area contributed by atoms with Gasteiger partial charge in [0.1, 0.15) is 0 Å². The van der Waals surface area contributed by atoms with Crippen LogP contribution in [0.25, 0.3) is 0 Å². The highest BCUT2D eigenvalue weighted by Gasteiger charge is 2.18. The van der Waals surface area contributed by atoms with Gasteiger partial charge in [0, 0.05) is 31.0 Å². The molecule has 1 aromatic heterocycles. The molecule has 1 atom stereocenters. The van der Waals surface area contributed by atoms with E-state index in [9.17, 15) is 0 Å². The predicted octanol–water partition coefficient (Wildman–Crippen LogP) is 2.92. The molecule has 112 valence electrons. The van der Waals surface area contributed by atoms with E-state index in [1.807, 2.05) is 18.3 Å². The molecule has 0 bridgehead atoms. The molecule has 2 rings (SSSR count). The van der Waals surface area contributed by atoms with Gasteiger partial charge in [-0.2, -0.15) is 0 Å². The lowest BCUT2D eigenvalue weighted by molar-refractivity contribution is 0.397. The van der Waals surface area contributed by atoms with Crippen LogP contribution in [-0.4, -0.2) is 25.2 Å². The molecule has 1 unspecified atom stereocenters. The normalized spacial score (nSPS) is 12.0. The fraction of sp³-hybridized carbons (Fsp3) is 0.353. The molecule has 0 saturated heterocycles. The number of benzene rings is 1. The number of anilines is 1. The van der Waals surface area contributed by atoms with Gasteiger partial charge >= 0.3 is 0 Å². The summed E-state index contributed by atoms with van der Waals surface area (Å²) >= 11 is 0. The molecular weight excluding hydrogens is 262 g/mol. The van der Waals surface area contributed by atoms with Crippen LogP contribution < -0.4 is 15.4 Å². The Morgan fingerprint density at radius 3 is 2.62 bits per heavy atom. The summed E-state index contributed by atoms with van der Waals surface area (Å²) in [7, 11) is 1.62. The van der Waals surface area contributed by atoms with Crippen molar-refractivity contribution in [2.45, 2.75) is 19.9 Å². The van der Waals surface area contributed by atoms with Crippen LogP contribution in [0.1, 0.15) is 24.1 Å². The third kappa shape index (κ3) is 3.52. The van der Waals surface area contributed by atoms with E-state index in [2.05, 4.69) is 48.0 Å². The van der Waals surface area contributed by atoms with Crippen LogP contribution >= 0.6 is 0 Å². The number of hydrogen-bond acceptors (Lipinski definition) is 4. The van der Waals surface area contributed by atoms with Gasteiger partial charge in [0.05, 0.1) is 13.2 Å². The molecule has 2 N–H and O–H groups in total. The Labute approximate surface area is 126 Å². The van der Waals surface area contributed by atoms with Gasteiger partial charge in [0.2, 0.25) is 5.88 Å². The second-order valence-electron chi connectivity index (χ2n) is 5.01. The maximum Gasteiger partial charge on any atom is 0.212 e. The van der Waals surface area contributed by atoms with Gasteiger partial charge in [-0.15, -0.1) is 0 Å². The number of nitrogens with zero attached hydrogens (tertiary/aromatic N) is 2. The summed E-state index contributed by atoms with van der Waals surface area (Å²) < 4.78 is 5.11. The van der Waals surface area contributed by atoms with Crippen molar-refractivity contribution in [1.29, 1.82) is 0 Å². The Morgan fingerprint density at radius 2 is 2.10 bits per heavy atom. The van der Waals surface area contributed by atoms with Gasteiger partial charge in [0.15, 0.2) is 0 Å². The summed E-state index contributed by atoms with van der Waals surface area (Å²) in [5.41, 5.74) is 9.55.